The maximum absolute atomic E-state index is 12.3. The third-order valence-corrected chi connectivity index (χ3v) is 2.59. The highest BCUT2D eigenvalue weighted by Crippen LogP contribution is 2.32. The molecular formula is C12H12F2N2O4. The Kier molecular flexibility index (Phi) is 4.02. The van der Waals surface area contributed by atoms with Crippen molar-refractivity contribution in [1.82, 2.24) is 10.6 Å². The summed E-state index contributed by atoms with van der Waals surface area (Å²) in [5.41, 5.74) is 0.415. The number of hydrogen-bond acceptors (Lipinski definition) is 4. The van der Waals surface area contributed by atoms with Crippen molar-refractivity contribution in [2.45, 2.75) is 19.6 Å². The largest absolute Gasteiger partial charge is 0.490 e. The van der Waals surface area contributed by atoms with Crippen LogP contribution in [0, 0.1) is 0 Å². The predicted octanol–water partition coefficient (Wildman–Crippen LogP) is 1.57. The van der Waals surface area contributed by atoms with Crippen molar-refractivity contribution in [2.75, 3.05) is 6.61 Å². The molecule has 1 aromatic rings. The fourth-order valence-corrected chi connectivity index (χ4v) is 1.82. The Morgan fingerprint density at radius 2 is 2.05 bits per heavy atom. The van der Waals surface area contributed by atoms with Crippen LogP contribution in [0.5, 0.6) is 11.5 Å². The van der Waals surface area contributed by atoms with Crippen LogP contribution in [-0.2, 0) is 4.79 Å². The van der Waals surface area contributed by atoms with E-state index in [0.717, 1.165) is 0 Å². The molecule has 1 aliphatic rings. The standard InChI is InChI=1S/C12H12F2N2O4/c1-2-19-8-5-6(3-4-7(8)20-11(13)14)9-10(17)16-12(18)15-9/h3-5,9,11H,2H2,1H3,(H2,15,16,17,18). The summed E-state index contributed by atoms with van der Waals surface area (Å²) in [6.07, 6.45) is 0. The van der Waals surface area contributed by atoms with Gasteiger partial charge in [0.05, 0.1) is 6.61 Å². The molecule has 8 heteroatoms. The van der Waals surface area contributed by atoms with E-state index < -0.39 is 24.6 Å². The molecule has 0 bridgehead atoms. The third-order valence-electron chi connectivity index (χ3n) is 2.59. The fourth-order valence-electron chi connectivity index (χ4n) is 1.82. The maximum atomic E-state index is 12.3. The van der Waals surface area contributed by atoms with Gasteiger partial charge in [0, 0.05) is 0 Å². The van der Waals surface area contributed by atoms with Crippen molar-refractivity contribution in [2.24, 2.45) is 0 Å². The Labute approximate surface area is 113 Å². The van der Waals surface area contributed by atoms with Gasteiger partial charge in [-0.25, -0.2) is 4.79 Å². The van der Waals surface area contributed by atoms with Gasteiger partial charge < -0.3 is 14.8 Å². The second kappa shape index (κ2) is 5.72. The van der Waals surface area contributed by atoms with Gasteiger partial charge in [-0.05, 0) is 24.6 Å². The number of amides is 3. The zero-order valence-electron chi connectivity index (χ0n) is 10.5. The van der Waals surface area contributed by atoms with Crippen LogP contribution in [0.15, 0.2) is 18.2 Å². The molecule has 1 heterocycles. The van der Waals surface area contributed by atoms with Gasteiger partial charge in [0.25, 0.3) is 5.91 Å². The van der Waals surface area contributed by atoms with Crippen molar-refractivity contribution in [3.8, 4) is 11.5 Å². The van der Waals surface area contributed by atoms with Gasteiger partial charge in [-0.1, -0.05) is 6.07 Å². The van der Waals surface area contributed by atoms with Gasteiger partial charge in [-0.3, -0.25) is 10.1 Å². The molecule has 6 nitrogen and oxygen atoms in total. The number of urea groups is 1. The maximum Gasteiger partial charge on any atom is 0.387 e. The Morgan fingerprint density at radius 1 is 1.30 bits per heavy atom. The minimum atomic E-state index is -2.98. The first-order valence-corrected chi connectivity index (χ1v) is 5.84. The van der Waals surface area contributed by atoms with E-state index in [1.165, 1.54) is 18.2 Å². The average Bonchev–Trinajstić information content (AvgIpc) is 2.70. The lowest BCUT2D eigenvalue weighted by molar-refractivity contribution is -0.120. The average molecular weight is 286 g/mol. The predicted molar refractivity (Wildman–Crippen MR) is 63.7 cm³/mol. The molecule has 0 aliphatic carbocycles. The minimum absolute atomic E-state index is 0.0826. The van der Waals surface area contributed by atoms with E-state index in [4.69, 9.17) is 4.74 Å². The van der Waals surface area contributed by atoms with Crippen LogP contribution in [0.1, 0.15) is 18.5 Å². The quantitative estimate of drug-likeness (QED) is 0.805. The summed E-state index contributed by atoms with van der Waals surface area (Å²) in [4.78, 5) is 22.6. The Morgan fingerprint density at radius 3 is 2.60 bits per heavy atom. The van der Waals surface area contributed by atoms with Crippen LogP contribution in [0.3, 0.4) is 0 Å². The highest BCUT2D eigenvalue weighted by atomic mass is 19.3. The van der Waals surface area contributed by atoms with Crippen LogP contribution in [-0.4, -0.2) is 25.2 Å². The summed E-state index contributed by atoms with van der Waals surface area (Å²) in [5.74, 6) is -0.561. The molecule has 2 N–H and O–H groups in total. The van der Waals surface area contributed by atoms with Gasteiger partial charge in [-0.2, -0.15) is 8.78 Å². The molecule has 0 aromatic heterocycles. The first kappa shape index (κ1) is 14.0. The zero-order valence-corrected chi connectivity index (χ0v) is 10.5. The van der Waals surface area contributed by atoms with Crippen LogP contribution >= 0.6 is 0 Å². The van der Waals surface area contributed by atoms with E-state index >= 15 is 0 Å². The number of halogens is 2. The first-order chi connectivity index (χ1) is 9.51. The van der Waals surface area contributed by atoms with E-state index in [1.807, 2.05) is 0 Å². The second-order valence-corrected chi connectivity index (χ2v) is 3.91. The third kappa shape index (κ3) is 2.95. The number of carbonyl (C=O) groups is 2. The zero-order chi connectivity index (χ0) is 14.7. The van der Waals surface area contributed by atoms with Crippen molar-refractivity contribution in [3.05, 3.63) is 23.8 Å². The number of nitrogens with one attached hydrogen (secondary N) is 2. The molecule has 3 amide bonds. The molecule has 1 aliphatic heterocycles. The summed E-state index contributed by atoms with van der Waals surface area (Å²) in [6, 6.07) is 2.59. The number of ether oxygens (including phenoxy) is 2. The summed E-state index contributed by atoms with van der Waals surface area (Å²) < 4.78 is 34.0. The van der Waals surface area contributed by atoms with Crippen LogP contribution in [0.25, 0.3) is 0 Å². The number of alkyl halides is 2. The molecule has 0 spiro atoms. The van der Waals surface area contributed by atoms with Crippen LogP contribution < -0.4 is 20.1 Å². The molecule has 1 saturated heterocycles. The van der Waals surface area contributed by atoms with Crippen molar-refractivity contribution in [1.29, 1.82) is 0 Å². The minimum Gasteiger partial charge on any atom is -0.490 e. The molecule has 0 saturated carbocycles. The summed E-state index contributed by atoms with van der Waals surface area (Å²) in [5, 5.41) is 4.49. The fraction of sp³-hybridized carbons (Fsp3) is 0.333. The molecule has 20 heavy (non-hydrogen) atoms. The van der Waals surface area contributed by atoms with E-state index in [-0.39, 0.29) is 18.1 Å². The number of hydrogen-bond donors (Lipinski definition) is 2. The van der Waals surface area contributed by atoms with Crippen LogP contribution in [0.2, 0.25) is 0 Å². The monoisotopic (exact) mass is 286 g/mol. The molecule has 1 atom stereocenters. The van der Waals surface area contributed by atoms with Crippen molar-refractivity contribution in [3.63, 3.8) is 0 Å². The van der Waals surface area contributed by atoms with E-state index in [9.17, 15) is 18.4 Å². The lowest BCUT2D eigenvalue weighted by Gasteiger charge is -2.14. The summed E-state index contributed by atoms with van der Waals surface area (Å²) >= 11 is 0. The SMILES string of the molecule is CCOc1cc(C2NC(=O)NC2=O)ccc1OC(F)F. The Hall–Kier alpha value is -2.38. The first-order valence-electron chi connectivity index (χ1n) is 5.84. The topological polar surface area (TPSA) is 76.7 Å². The lowest BCUT2D eigenvalue weighted by Crippen LogP contribution is -2.22. The molecule has 2 rings (SSSR count). The highest BCUT2D eigenvalue weighted by Gasteiger charge is 2.31. The lowest BCUT2D eigenvalue weighted by atomic mass is 10.1. The normalized spacial score (nSPS) is 17.9. The summed E-state index contributed by atoms with van der Waals surface area (Å²) in [7, 11) is 0. The van der Waals surface area contributed by atoms with Crippen LogP contribution in [0.4, 0.5) is 13.6 Å². The molecular weight excluding hydrogens is 274 g/mol. The van der Waals surface area contributed by atoms with Gasteiger partial charge in [0.1, 0.15) is 6.04 Å². The van der Waals surface area contributed by atoms with Gasteiger partial charge in [-0.15, -0.1) is 0 Å². The van der Waals surface area contributed by atoms with E-state index in [2.05, 4.69) is 15.4 Å². The Bertz CT molecular complexity index is 536. The number of benzene rings is 1. The van der Waals surface area contributed by atoms with E-state index in [1.54, 1.807) is 6.92 Å². The summed E-state index contributed by atoms with van der Waals surface area (Å²) in [6.45, 7) is -1.05. The van der Waals surface area contributed by atoms with E-state index in [0.29, 0.717) is 5.56 Å². The number of imide groups is 1. The smallest absolute Gasteiger partial charge is 0.387 e. The molecule has 1 fully saturated rings. The molecule has 1 aromatic carbocycles. The van der Waals surface area contributed by atoms with Gasteiger partial charge in [0.15, 0.2) is 11.5 Å². The number of carbonyl (C=O) groups excluding carboxylic acids is 2. The molecule has 1 unspecified atom stereocenters. The molecule has 0 radical (unpaired) electrons. The van der Waals surface area contributed by atoms with Gasteiger partial charge in [0.2, 0.25) is 0 Å². The highest BCUT2D eigenvalue weighted by molar-refractivity contribution is 6.04. The number of rotatable bonds is 5. The molecule has 108 valence electrons. The van der Waals surface area contributed by atoms with Gasteiger partial charge >= 0.3 is 12.6 Å². The van der Waals surface area contributed by atoms with Crippen molar-refractivity contribution >= 4 is 11.9 Å². The second-order valence-electron chi connectivity index (χ2n) is 3.91. The Balaban J connectivity index is 2.29. The van der Waals surface area contributed by atoms with Crippen molar-refractivity contribution < 1.29 is 27.8 Å².